The second kappa shape index (κ2) is 6.31. The maximum atomic E-state index is 5.39. The fourth-order valence-electron chi connectivity index (χ4n) is 2.66. The molecule has 1 aliphatic rings. The summed E-state index contributed by atoms with van der Waals surface area (Å²) < 4.78 is 10.7. The zero-order chi connectivity index (χ0) is 13.3. The minimum Gasteiger partial charge on any atom is -0.493 e. The molecule has 1 atom stereocenters. The van der Waals surface area contributed by atoms with Gasteiger partial charge in [-0.15, -0.1) is 12.4 Å². The van der Waals surface area contributed by atoms with Gasteiger partial charge in [0.05, 0.1) is 20.3 Å². The average molecular weight is 284 g/mol. The summed E-state index contributed by atoms with van der Waals surface area (Å²) in [5, 5.41) is 0. The van der Waals surface area contributed by atoms with Gasteiger partial charge in [-0.2, -0.15) is 0 Å². The molecule has 2 rings (SSSR count). The smallest absolute Gasteiger partial charge is 0.161 e. The first-order valence-electron chi connectivity index (χ1n) is 6.25. The first-order valence-corrected chi connectivity index (χ1v) is 6.25. The number of benzene rings is 1. The summed E-state index contributed by atoms with van der Waals surface area (Å²) in [6, 6.07) is 4.51. The summed E-state index contributed by atoms with van der Waals surface area (Å²) in [6.07, 6.45) is 3.32. The summed E-state index contributed by atoms with van der Waals surface area (Å²) in [4.78, 5) is 2.24. The predicted molar refractivity (Wildman–Crippen MR) is 81.5 cm³/mol. The summed E-state index contributed by atoms with van der Waals surface area (Å²) >= 11 is 0. The van der Waals surface area contributed by atoms with Crippen LogP contribution in [-0.2, 0) is 0 Å². The lowest BCUT2D eigenvalue weighted by atomic mass is 10.0. The van der Waals surface area contributed by atoms with E-state index >= 15 is 0 Å². The van der Waals surface area contributed by atoms with E-state index in [1.54, 1.807) is 14.2 Å². The first-order chi connectivity index (χ1) is 8.62. The van der Waals surface area contributed by atoms with E-state index < -0.39 is 0 Å². The van der Waals surface area contributed by atoms with Crippen molar-refractivity contribution >= 4 is 18.5 Å². The molecular weight excluding hydrogens is 262 g/mol. The molecule has 0 heterocycles. The fourth-order valence-corrected chi connectivity index (χ4v) is 2.66. The van der Waals surface area contributed by atoms with Crippen molar-refractivity contribution in [1.82, 2.24) is 4.90 Å². The van der Waals surface area contributed by atoms with E-state index in [2.05, 4.69) is 44.1 Å². The Morgan fingerprint density at radius 3 is 2.16 bits per heavy atom. The van der Waals surface area contributed by atoms with Crippen LogP contribution in [0.25, 0.3) is 6.08 Å². The second-order valence-electron chi connectivity index (χ2n) is 4.78. The maximum Gasteiger partial charge on any atom is 0.161 e. The van der Waals surface area contributed by atoms with Crippen molar-refractivity contribution < 1.29 is 9.47 Å². The quantitative estimate of drug-likeness (QED) is 0.844. The first kappa shape index (κ1) is 15.9. The van der Waals surface area contributed by atoms with Crippen molar-refractivity contribution in [2.45, 2.75) is 19.4 Å². The Morgan fingerprint density at radius 2 is 1.68 bits per heavy atom. The molecule has 0 bridgehead atoms. The molecule has 0 N–H and O–H groups in total. The van der Waals surface area contributed by atoms with Gasteiger partial charge in [0.1, 0.15) is 0 Å². The monoisotopic (exact) mass is 283 g/mol. The van der Waals surface area contributed by atoms with Gasteiger partial charge in [-0.1, -0.05) is 13.0 Å². The number of nitrogens with zero attached hydrogens (tertiary/aromatic N) is 1. The Kier molecular flexibility index (Phi) is 5.27. The fraction of sp³-hybridized carbons (Fsp3) is 0.467. The number of rotatable bonds is 4. The molecule has 0 aliphatic heterocycles. The average Bonchev–Trinajstić information content (AvgIpc) is 2.74. The van der Waals surface area contributed by atoms with Crippen LogP contribution in [0.5, 0.6) is 11.5 Å². The number of fused-ring (bicyclic) bond motifs is 1. The lowest BCUT2D eigenvalue weighted by Crippen LogP contribution is -2.20. The molecule has 0 saturated carbocycles. The molecule has 1 unspecified atom stereocenters. The van der Waals surface area contributed by atoms with Crippen LogP contribution in [0.3, 0.4) is 0 Å². The van der Waals surface area contributed by atoms with Crippen LogP contribution in [0.4, 0.5) is 0 Å². The Hall–Kier alpha value is -1.19. The van der Waals surface area contributed by atoms with Crippen LogP contribution >= 0.6 is 12.4 Å². The number of likely N-dealkylation sites (N-methyl/N-ethyl adjacent to an activating group) is 1. The zero-order valence-corrected chi connectivity index (χ0v) is 13.0. The third kappa shape index (κ3) is 2.72. The van der Waals surface area contributed by atoms with Gasteiger partial charge >= 0.3 is 0 Å². The van der Waals surface area contributed by atoms with Gasteiger partial charge in [0.25, 0.3) is 0 Å². The molecule has 4 heteroatoms. The highest BCUT2D eigenvalue weighted by atomic mass is 35.5. The van der Waals surface area contributed by atoms with Crippen molar-refractivity contribution in [3.05, 3.63) is 28.8 Å². The van der Waals surface area contributed by atoms with Gasteiger partial charge in [0, 0.05) is 0 Å². The SMILES string of the molecule is CCC1=Cc2cc(OC)c(OC)cc2C1N(C)C.Cl. The topological polar surface area (TPSA) is 21.7 Å². The van der Waals surface area contributed by atoms with Crippen LogP contribution in [0.1, 0.15) is 30.5 Å². The normalized spacial score (nSPS) is 16.7. The Balaban J connectivity index is 0.00000180. The van der Waals surface area contributed by atoms with Gasteiger partial charge in [0.2, 0.25) is 0 Å². The van der Waals surface area contributed by atoms with Gasteiger partial charge in [0.15, 0.2) is 11.5 Å². The molecule has 0 amide bonds. The number of ether oxygens (including phenoxy) is 2. The van der Waals surface area contributed by atoms with Gasteiger partial charge < -0.3 is 9.47 Å². The third-order valence-corrected chi connectivity index (χ3v) is 3.50. The molecule has 3 nitrogen and oxygen atoms in total. The number of methoxy groups -OCH3 is 2. The van der Waals surface area contributed by atoms with Crippen molar-refractivity contribution in [3.8, 4) is 11.5 Å². The highest BCUT2D eigenvalue weighted by molar-refractivity contribution is 5.85. The molecular formula is C15H22ClNO2. The van der Waals surface area contributed by atoms with Crippen LogP contribution in [-0.4, -0.2) is 33.2 Å². The van der Waals surface area contributed by atoms with E-state index in [0.29, 0.717) is 6.04 Å². The Morgan fingerprint density at radius 1 is 1.11 bits per heavy atom. The molecule has 0 fully saturated rings. The number of hydrogen-bond acceptors (Lipinski definition) is 3. The lowest BCUT2D eigenvalue weighted by molar-refractivity contribution is 0.331. The second-order valence-corrected chi connectivity index (χ2v) is 4.78. The van der Waals surface area contributed by atoms with Crippen LogP contribution < -0.4 is 9.47 Å². The largest absolute Gasteiger partial charge is 0.493 e. The summed E-state index contributed by atoms with van der Waals surface area (Å²) in [7, 11) is 7.57. The van der Waals surface area contributed by atoms with Crippen molar-refractivity contribution in [2.24, 2.45) is 0 Å². The molecule has 1 aromatic carbocycles. The van der Waals surface area contributed by atoms with Crippen LogP contribution in [0.2, 0.25) is 0 Å². The van der Waals surface area contributed by atoms with E-state index in [-0.39, 0.29) is 12.4 Å². The maximum absolute atomic E-state index is 5.39. The molecule has 0 saturated heterocycles. The molecule has 0 spiro atoms. The molecule has 0 aromatic heterocycles. The van der Waals surface area contributed by atoms with Gasteiger partial charge in [-0.05, 0) is 49.3 Å². The molecule has 1 aromatic rings. The Bertz CT molecular complexity index is 483. The number of halogens is 1. The zero-order valence-electron chi connectivity index (χ0n) is 12.2. The number of hydrogen-bond donors (Lipinski definition) is 0. The van der Waals surface area contributed by atoms with Crippen LogP contribution in [0.15, 0.2) is 17.7 Å². The van der Waals surface area contributed by atoms with Crippen molar-refractivity contribution in [1.29, 1.82) is 0 Å². The lowest BCUT2D eigenvalue weighted by Gasteiger charge is -2.24. The molecule has 1 aliphatic carbocycles. The standard InChI is InChI=1S/C15H21NO2.ClH/c1-6-10-7-11-8-13(17-4)14(18-5)9-12(11)15(10)16(2)3;/h7-9,15H,6H2,1-5H3;1H. The van der Waals surface area contributed by atoms with Crippen LogP contribution in [0, 0.1) is 0 Å². The van der Waals surface area contributed by atoms with E-state index in [4.69, 9.17) is 9.47 Å². The highest BCUT2D eigenvalue weighted by Crippen LogP contribution is 2.43. The minimum atomic E-state index is 0. The van der Waals surface area contributed by atoms with Gasteiger partial charge in [-0.25, -0.2) is 0 Å². The summed E-state index contributed by atoms with van der Waals surface area (Å²) in [5.74, 6) is 1.59. The molecule has 0 radical (unpaired) electrons. The van der Waals surface area contributed by atoms with E-state index in [1.807, 2.05) is 0 Å². The van der Waals surface area contributed by atoms with E-state index in [1.165, 1.54) is 16.7 Å². The summed E-state index contributed by atoms with van der Waals surface area (Å²) in [6.45, 7) is 2.20. The molecule has 106 valence electrons. The van der Waals surface area contributed by atoms with Crippen molar-refractivity contribution in [3.63, 3.8) is 0 Å². The highest BCUT2D eigenvalue weighted by Gasteiger charge is 2.27. The molecule has 19 heavy (non-hydrogen) atoms. The van der Waals surface area contributed by atoms with E-state index in [0.717, 1.165) is 17.9 Å². The van der Waals surface area contributed by atoms with Gasteiger partial charge in [-0.3, -0.25) is 4.90 Å². The third-order valence-electron chi connectivity index (χ3n) is 3.50. The summed E-state index contributed by atoms with van der Waals surface area (Å²) in [5.41, 5.74) is 3.98. The Labute approximate surface area is 121 Å². The minimum absolute atomic E-state index is 0. The van der Waals surface area contributed by atoms with E-state index in [9.17, 15) is 0 Å². The van der Waals surface area contributed by atoms with Crippen molar-refractivity contribution in [2.75, 3.05) is 28.3 Å². The predicted octanol–water partition coefficient (Wildman–Crippen LogP) is 3.54.